The molecule has 1 aliphatic rings. The molecule has 0 atom stereocenters. The maximum atomic E-state index is 11.1. The molecule has 0 aromatic carbocycles. The number of hydrogen-bond donors (Lipinski definition) is 2. The van der Waals surface area contributed by atoms with Gasteiger partial charge in [-0.15, -0.1) is 0 Å². The van der Waals surface area contributed by atoms with Crippen LogP contribution in [0.3, 0.4) is 0 Å². The summed E-state index contributed by atoms with van der Waals surface area (Å²) < 4.78 is 0. The number of nitrogens with one attached hydrogen (secondary N) is 1. The lowest BCUT2D eigenvalue weighted by atomic mass is 10.3. The molecule has 1 saturated carbocycles. The van der Waals surface area contributed by atoms with Gasteiger partial charge in [0, 0.05) is 18.5 Å². The monoisotopic (exact) mass is 165 g/mol. The fourth-order valence-corrected chi connectivity index (χ4v) is 1.18. The first kappa shape index (κ1) is 7.49. The van der Waals surface area contributed by atoms with Crippen LogP contribution in [0, 0.1) is 0 Å². The van der Waals surface area contributed by atoms with Crippen molar-refractivity contribution in [3.05, 3.63) is 27.9 Å². The van der Waals surface area contributed by atoms with Gasteiger partial charge in [0.05, 0.1) is 5.69 Å². The Kier molecular flexibility index (Phi) is 1.69. The third-order valence-electron chi connectivity index (χ3n) is 1.99. The number of nitrogens with zero attached hydrogens (tertiary/aromatic N) is 1. The predicted molar refractivity (Wildman–Crippen MR) is 44.7 cm³/mol. The molecule has 1 aliphatic carbocycles. The largest absolute Gasteiger partial charge is 0.325 e. The van der Waals surface area contributed by atoms with Crippen molar-refractivity contribution in [1.82, 2.24) is 9.97 Å². The summed E-state index contributed by atoms with van der Waals surface area (Å²) in [5.74, 6) is 1.28. The summed E-state index contributed by atoms with van der Waals surface area (Å²) in [6.45, 7) is 0.337. The molecule has 0 bridgehead atoms. The predicted octanol–water partition coefficient (Wildman–Crippen LogP) is 0.106. The average Bonchev–Trinajstić information content (AvgIpc) is 2.85. The van der Waals surface area contributed by atoms with Gasteiger partial charge in [0.1, 0.15) is 5.82 Å². The highest BCUT2D eigenvalue weighted by Gasteiger charge is 2.26. The van der Waals surface area contributed by atoms with Crippen LogP contribution in [0.2, 0.25) is 0 Å². The fourth-order valence-electron chi connectivity index (χ4n) is 1.18. The molecule has 0 saturated heterocycles. The molecule has 12 heavy (non-hydrogen) atoms. The smallest absolute Gasteiger partial charge is 0.251 e. The lowest BCUT2D eigenvalue weighted by Gasteiger charge is -1.99. The van der Waals surface area contributed by atoms with Crippen LogP contribution in [-0.4, -0.2) is 9.97 Å². The van der Waals surface area contributed by atoms with Crippen molar-refractivity contribution in [2.24, 2.45) is 5.73 Å². The van der Waals surface area contributed by atoms with Gasteiger partial charge in [0.2, 0.25) is 0 Å². The zero-order chi connectivity index (χ0) is 8.55. The first-order valence-electron chi connectivity index (χ1n) is 4.10. The van der Waals surface area contributed by atoms with Crippen molar-refractivity contribution < 1.29 is 0 Å². The van der Waals surface area contributed by atoms with Crippen molar-refractivity contribution in [3.8, 4) is 0 Å². The number of nitrogens with two attached hydrogens (primary N) is 1. The second kappa shape index (κ2) is 2.71. The van der Waals surface area contributed by atoms with Crippen LogP contribution >= 0.6 is 0 Å². The maximum absolute atomic E-state index is 11.1. The number of rotatable bonds is 2. The van der Waals surface area contributed by atoms with Gasteiger partial charge in [-0.25, -0.2) is 4.98 Å². The molecule has 1 heterocycles. The van der Waals surface area contributed by atoms with E-state index in [0.29, 0.717) is 18.2 Å². The molecule has 0 spiro atoms. The molecule has 4 nitrogen and oxygen atoms in total. The van der Waals surface area contributed by atoms with Gasteiger partial charge in [-0.2, -0.15) is 0 Å². The Morgan fingerprint density at radius 3 is 3.00 bits per heavy atom. The second-order valence-corrected chi connectivity index (χ2v) is 3.10. The van der Waals surface area contributed by atoms with Crippen molar-refractivity contribution in [2.75, 3.05) is 0 Å². The maximum Gasteiger partial charge on any atom is 0.251 e. The topological polar surface area (TPSA) is 71.8 Å². The summed E-state index contributed by atoms with van der Waals surface area (Å²) in [4.78, 5) is 18.0. The van der Waals surface area contributed by atoms with Crippen LogP contribution < -0.4 is 11.3 Å². The van der Waals surface area contributed by atoms with Gasteiger partial charge in [-0.1, -0.05) is 0 Å². The van der Waals surface area contributed by atoms with E-state index in [9.17, 15) is 4.79 Å². The van der Waals surface area contributed by atoms with E-state index >= 15 is 0 Å². The Bertz CT molecular complexity index is 340. The van der Waals surface area contributed by atoms with E-state index in [0.717, 1.165) is 18.7 Å². The summed E-state index contributed by atoms with van der Waals surface area (Å²) in [6, 6.07) is 1.45. The Hall–Kier alpha value is -1.16. The van der Waals surface area contributed by atoms with Crippen LogP contribution in [0.25, 0.3) is 0 Å². The molecule has 4 heteroatoms. The lowest BCUT2D eigenvalue weighted by Crippen LogP contribution is -2.14. The number of hydrogen-bond acceptors (Lipinski definition) is 3. The highest BCUT2D eigenvalue weighted by molar-refractivity contribution is 5.09. The van der Waals surface area contributed by atoms with E-state index in [2.05, 4.69) is 9.97 Å². The molecule has 0 unspecified atom stereocenters. The summed E-state index contributed by atoms with van der Waals surface area (Å²) in [5, 5.41) is 0. The second-order valence-electron chi connectivity index (χ2n) is 3.10. The Balaban J connectivity index is 2.41. The quantitative estimate of drug-likeness (QED) is 0.653. The SMILES string of the molecule is NCc1cc(=O)[nH]c(C2CC2)n1. The Labute approximate surface area is 69.8 Å². The van der Waals surface area contributed by atoms with E-state index in [1.807, 2.05) is 0 Å². The molecular formula is C8H11N3O. The van der Waals surface area contributed by atoms with Crippen molar-refractivity contribution >= 4 is 0 Å². The van der Waals surface area contributed by atoms with Gasteiger partial charge in [-0.05, 0) is 12.8 Å². The van der Waals surface area contributed by atoms with Crippen LogP contribution in [0.15, 0.2) is 10.9 Å². The van der Waals surface area contributed by atoms with Crippen molar-refractivity contribution in [1.29, 1.82) is 0 Å². The van der Waals surface area contributed by atoms with E-state index in [1.165, 1.54) is 6.07 Å². The Morgan fingerprint density at radius 1 is 1.67 bits per heavy atom. The molecule has 2 rings (SSSR count). The van der Waals surface area contributed by atoms with Crippen molar-refractivity contribution in [3.63, 3.8) is 0 Å². The van der Waals surface area contributed by atoms with Gasteiger partial charge < -0.3 is 10.7 Å². The molecule has 0 aliphatic heterocycles. The summed E-state index contributed by atoms with van der Waals surface area (Å²) >= 11 is 0. The van der Waals surface area contributed by atoms with Gasteiger partial charge in [0.15, 0.2) is 0 Å². The highest BCUT2D eigenvalue weighted by atomic mass is 16.1. The fraction of sp³-hybridized carbons (Fsp3) is 0.500. The minimum Gasteiger partial charge on any atom is -0.325 e. The van der Waals surface area contributed by atoms with E-state index in [1.54, 1.807) is 0 Å². The van der Waals surface area contributed by atoms with Crippen LogP contribution in [0.4, 0.5) is 0 Å². The summed E-state index contributed by atoms with van der Waals surface area (Å²) in [7, 11) is 0. The molecule has 64 valence electrons. The first-order valence-corrected chi connectivity index (χ1v) is 4.10. The van der Waals surface area contributed by atoms with E-state index in [4.69, 9.17) is 5.73 Å². The van der Waals surface area contributed by atoms with E-state index in [-0.39, 0.29) is 5.56 Å². The molecule has 0 radical (unpaired) electrons. The number of aromatic nitrogens is 2. The molecule has 3 N–H and O–H groups in total. The molecule has 1 aromatic heterocycles. The number of H-pyrrole nitrogens is 1. The van der Waals surface area contributed by atoms with Gasteiger partial charge in [-0.3, -0.25) is 4.79 Å². The average molecular weight is 165 g/mol. The normalized spacial score (nSPS) is 16.4. The third-order valence-corrected chi connectivity index (χ3v) is 1.99. The lowest BCUT2D eigenvalue weighted by molar-refractivity contribution is 0.852. The standard InChI is InChI=1S/C8H11N3O/c9-4-6-3-7(12)11-8(10-6)5-1-2-5/h3,5H,1-2,4,9H2,(H,10,11,12). The van der Waals surface area contributed by atoms with Crippen LogP contribution in [0.1, 0.15) is 30.3 Å². The first-order chi connectivity index (χ1) is 5.79. The van der Waals surface area contributed by atoms with E-state index < -0.39 is 0 Å². The highest BCUT2D eigenvalue weighted by Crippen LogP contribution is 2.37. The van der Waals surface area contributed by atoms with Crippen LogP contribution in [-0.2, 0) is 6.54 Å². The van der Waals surface area contributed by atoms with Crippen LogP contribution in [0.5, 0.6) is 0 Å². The molecule has 1 fully saturated rings. The molecule has 0 amide bonds. The molecule has 1 aromatic rings. The number of aromatic amines is 1. The van der Waals surface area contributed by atoms with Gasteiger partial charge in [0.25, 0.3) is 5.56 Å². The molecular weight excluding hydrogens is 154 g/mol. The minimum atomic E-state index is -0.0904. The zero-order valence-electron chi connectivity index (χ0n) is 6.71. The Morgan fingerprint density at radius 2 is 2.42 bits per heavy atom. The van der Waals surface area contributed by atoms with Crippen molar-refractivity contribution in [2.45, 2.75) is 25.3 Å². The third kappa shape index (κ3) is 1.38. The minimum absolute atomic E-state index is 0.0904. The van der Waals surface area contributed by atoms with Gasteiger partial charge >= 0.3 is 0 Å². The zero-order valence-corrected chi connectivity index (χ0v) is 6.71. The summed E-state index contributed by atoms with van der Waals surface area (Å²) in [6.07, 6.45) is 2.27. The summed E-state index contributed by atoms with van der Waals surface area (Å²) in [5.41, 5.74) is 5.98.